The molecule has 10 nitrogen and oxygen atoms in total. The molecule has 1 aliphatic rings. The molecule has 0 saturated carbocycles. The second-order valence-electron chi connectivity index (χ2n) is 7.43. The van der Waals surface area contributed by atoms with E-state index in [0.29, 0.717) is 13.1 Å². The van der Waals surface area contributed by atoms with E-state index in [2.05, 4.69) is 0 Å². The van der Waals surface area contributed by atoms with Gasteiger partial charge in [0.1, 0.15) is 5.75 Å². The molecule has 0 saturated heterocycles. The summed E-state index contributed by atoms with van der Waals surface area (Å²) in [6.07, 6.45) is -3.13. The normalized spacial score (nSPS) is 16.2. The summed E-state index contributed by atoms with van der Waals surface area (Å²) in [5.74, 6) is -5.08. The summed E-state index contributed by atoms with van der Waals surface area (Å²) in [7, 11) is 0. The Labute approximate surface area is 195 Å². The number of phenols is 1. The molecule has 2 atom stereocenters. The number of rotatable bonds is 9. The van der Waals surface area contributed by atoms with Crippen molar-refractivity contribution in [3.05, 3.63) is 70.7 Å². The summed E-state index contributed by atoms with van der Waals surface area (Å²) >= 11 is 0. The zero-order chi connectivity index (χ0) is 25.0. The number of hydrogen-bond acceptors (Lipinski definition) is 10. The van der Waals surface area contributed by atoms with Crippen molar-refractivity contribution >= 4 is 23.4 Å². The average molecular weight is 471 g/mol. The van der Waals surface area contributed by atoms with Gasteiger partial charge in [-0.1, -0.05) is 18.2 Å². The number of carbonyl (C=O) groups excluding carboxylic acids is 3. The van der Waals surface area contributed by atoms with Crippen molar-refractivity contribution in [2.45, 2.75) is 26.1 Å². The maximum Gasteiger partial charge on any atom is 0.378 e. The largest absolute Gasteiger partial charge is 0.507 e. The van der Waals surface area contributed by atoms with E-state index in [1.165, 1.54) is 36.4 Å². The Morgan fingerprint density at radius 3 is 2.21 bits per heavy atom. The first kappa shape index (κ1) is 24.6. The van der Waals surface area contributed by atoms with Crippen molar-refractivity contribution in [2.24, 2.45) is 0 Å². The Morgan fingerprint density at radius 2 is 1.68 bits per heavy atom. The van der Waals surface area contributed by atoms with Crippen LogP contribution in [0.1, 0.15) is 40.1 Å². The maximum atomic E-state index is 13.2. The minimum Gasteiger partial charge on any atom is -0.507 e. The lowest BCUT2D eigenvalue weighted by Crippen LogP contribution is -2.36. The topological polar surface area (TPSA) is 154 Å². The lowest BCUT2D eigenvalue weighted by atomic mass is 9.97. The van der Waals surface area contributed by atoms with Crippen LogP contribution >= 0.6 is 0 Å². The molecular formula is C24H25NO9. The summed E-state index contributed by atoms with van der Waals surface area (Å²) in [5.41, 5.74) is 0.473. The number of aliphatic hydroxyl groups is 3. The Bertz CT molecular complexity index is 1140. The van der Waals surface area contributed by atoms with E-state index in [1.807, 2.05) is 18.7 Å². The Morgan fingerprint density at radius 1 is 1.03 bits per heavy atom. The van der Waals surface area contributed by atoms with Gasteiger partial charge in [-0.3, -0.25) is 4.79 Å². The molecule has 0 aliphatic carbocycles. The highest BCUT2D eigenvalue weighted by atomic mass is 16.6. The van der Waals surface area contributed by atoms with E-state index in [9.17, 15) is 34.8 Å². The summed E-state index contributed by atoms with van der Waals surface area (Å²) in [5, 5.41) is 39.4. The minimum atomic E-state index is -1.60. The predicted octanol–water partition coefficient (Wildman–Crippen LogP) is 2.24. The molecule has 180 valence electrons. The highest BCUT2D eigenvalue weighted by molar-refractivity contribution is 6.15. The first-order chi connectivity index (χ1) is 16.2. The first-order valence-electron chi connectivity index (χ1n) is 10.6. The van der Waals surface area contributed by atoms with Crippen LogP contribution in [0.5, 0.6) is 5.75 Å². The van der Waals surface area contributed by atoms with Crippen molar-refractivity contribution in [3.8, 4) is 5.75 Å². The number of aliphatic hydroxyl groups excluding tert-OH is 3. The van der Waals surface area contributed by atoms with Crippen LogP contribution in [-0.4, -0.2) is 70.1 Å². The van der Waals surface area contributed by atoms with E-state index >= 15 is 0 Å². The molecule has 3 rings (SSSR count). The number of cyclic esters (lactones) is 1. The van der Waals surface area contributed by atoms with Gasteiger partial charge in [0.05, 0.1) is 17.7 Å². The van der Waals surface area contributed by atoms with Crippen molar-refractivity contribution < 1.29 is 44.3 Å². The van der Waals surface area contributed by atoms with Crippen molar-refractivity contribution in [2.75, 3.05) is 24.6 Å². The highest BCUT2D eigenvalue weighted by Gasteiger charge is 2.42. The molecular weight excluding hydrogens is 446 g/mol. The van der Waals surface area contributed by atoms with Gasteiger partial charge in [0, 0.05) is 30.4 Å². The summed E-state index contributed by atoms with van der Waals surface area (Å²) in [6.45, 7) is 4.51. The molecule has 34 heavy (non-hydrogen) atoms. The van der Waals surface area contributed by atoms with Gasteiger partial charge in [0.2, 0.25) is 11.9 Å². The number of nitrogens with zero attached hydrogens (tertiary/aromatic N) is 1. The summed E-state index contributed by atoms with van der Waals surface area (Å²) < 4.78 is 9.91. The van der Waals surface area contributed by atoms with Gasteiger partial charge < -0.3 is 34.8 Å². The SMILES string of the molecule is CCN(CC)c1ccc(C(=O)c2ccccc2C(=O)O[C@H](CO)[C@H]2OC(=O)C(O)=C2O)c(O)c1. The lowest BCUT2D eigenvalue weighted by Gasteiger charge is -2.22. The molecule has 1 heterocycles. The van der Waals surface area contributed by atoms with Gasteiger partial charge in [0.15, 0.2) is 17.6 Å². The number of carbonyl (C=O) groups is 3. The molecule has 2 aromatic carbocycles. The monoisotopic (exact) mass is 471 g/mol. The third-order valence-electron chi connectivity index (χ3n) is 5.46. The van der Waals surface area contributed by atoms with Crippen LogP contribution in [0.15, 0.2) is 54.0 Å². The van der Waals surface area contributed by atoms with Gasteiger partial charge in [-0.05, 0) is 32.0 Å². The van der Waals surface area contributed by atoms with Crippen LogP contribution in [0.4, 0.5) is 5.69 Å². The van der Waals surface area contributed by atoms with Crippen molar-refractivity contribution in [1.29, 1.82) is 0 Å². The number of aromatic hydroxyl groups is 1. The molecule has 0 bridgehead atoms. The van der Waals surface area contributed by atoms with Gasteiger partial charge in [-0.25, -0.2) is 9.59 Å². The van der Waals surface area contributed by atoms with Gasteiger partial charge in [-0.15, -0.1) is 0 Å². The van der Waals surface area contributed by atoms with E-state index in [-0.39, 0.29) is 22.4 Å². The van der Waals surface area contributed by atoms with Crippen molar-refractivity contribution in [3.63, 3.8) is 0 Å². The standard InChI is InChI=1S/C24H25NO9/c1-3-25(4-2)13-9-10-16(17(27)11-13)19(28)14-7-5-6-8-15(14)23(31)33-18(12-26)22-20(29)21(30)24(32)34-22/h5-11,18,22,26-27,29-30H,3-4,12H2,1-2H3/t18-,22-/m1/s1. The third kappa shape index (κ3) is 4.67. The van der Waals surface area contributed by atoms with E-state index in [0.717, 1.165) is 5.69 Å². The Kier molecular flexibility index (Phi) is 7.42. The van der Waals surface area contributed by atoms with Crippen LogP contribution in [-0.2, 0) is 14.3 Å². The smallest absolute Gasteiger partial charge is 0.378 e. The van der Waals surface area contributed by atoms with Crippen molar-refractivity contribution in [1.82, 2.24) is 0 Å². The number of anilines is 1. The van der Waals surface area contributed by atoms with Crippen LogP contribution < -0.4 is 4.90 Å². The number of hydrogen-bond donors (Lipinski definition) is 4. The first-order valence-corrected chi connectivity index (χ1v) is 10.6. The van der Waals surface area contributed by atoms with Crippen LogP contribution in [0, 0.1) is 0 Å². The fourth-order valence-corrected chi connectivity index (χ4v) is 3.62. The van der Waals surface area contributed by atoms with Gasteiger partial charge >= 0.3 is 11.9 Å². The molecule has 1 aliphatic heterocycles. The molecule has 0 spiro atoms. The third-order valence-corrected chi connectivity index (χ3v) is 5.46. The molecule has 0 aromatic heterocycles. The van der Waals surface area contributed by atoms with E-state index in [1.54, 1.807) is 6.07 Å². The van der Waals surface area contributed by atoms with Crippen LogP contribution in [0.25, 0.3) is 0 Å². The van der Waals surface area contributed by atoms with Gasteiger partial charge in [-0.2, -0.15) is 0 Å². The molecule has 10 heteroatoms. The zero-order valence-corrected chi connectivity index (χ0v) is 18.6. The number of ketones is 1. The molecule has 0 fully saturated rings. The van der Waals surface area contributed by atoms with E-state index < -0.39 is 48.1 Å². The predicted molar refractivity (Wildman–Crippen MR) is 120 cm³/mol. The number of esters is 2. The Hall–Kier alpha value is -4.05. The maximum absolute atomic E-state index is 13.2. The quantitative estimate of drug-likeness (QED) is 0.316. The minimum absolute atomic E-state index is 0.0231. The average Bonchev–Trinajstić information content (AvgIpc) is 3.10. The summed E-state index contributed by atoms with van der Waals surface area (Å²) in [4.78, 5) is 39.4. The zero-order valence-electron chi connectivity index (χ0n) is 18.6. The fraction of sp³-hybridized carbons (Fsp3) is 0.292. The van der Waals surface area contributed by atoms with Crippen LogP contribution in [0.2, 0.25) is 0 Å². The molecule has 0 radical (unpaired) electrons. The second-order valence-corrected chi connectivity index (χ2v) is 7.43. The second kappa shape index (κ2) is 10.3. The highest BCUT2D eigenvalue weighted by Crippen LogP contribution is 2.29. The molecule has 4 N–H and O–H groups in total. The molecule has 0 unspecified atom stereocenters. The Balaban J connectivity index is 1.88. The van der Waals surface area contributed by atoms with Gasteiger partial charge in [0.25, 0.3) is 0 Å². The number of ether oxygens (including phenoxy) is 2. The number of benzene rings is 2. The molecule has 0 amide bonds. The fourth-order valence-electron chi connectivity index (χ4n) is 3.62. The molecule has 2 aromatic rings. The van der Waals surface area contributed by atoms with Crippen LogP contribution in [0.3, 0.4) is 0 Å². The summed E-state index contributed by atoms with van der Waals surface area (Å²) in [6, 6.07) is 10.3. The lowest BCUT2D eigenvalue weighted by molar-refractivity contribution is -0.148. The van der Waals surface area contributed by atoms with E-state index in [4.69, 9.17) is 9.47 Å². The number of phenolic OH excluding ortho intramolecular Hbond substituents is 1.